The van der Waals surface area contributed by atoms with Crippen LogP contribution in [0.25, 0.3) is 10.9 Å². The van der Waals surface area contributed by atoms with Gasteiger partial charge < -0.3 is 4.98 Å². The number of H-pyrrole nitrogens is 1. The molecule has 0 spiro atoms. The molecule has 0 saturated carbocycles. The minimum absolute atomic E-state index is 0.359. The van der Waals surface area contributed by atoms with Gasteiger partial charge in [0, 0.05) is 40.6 Å². The highest BCUT2D eigenvalue weighted by atomic mass is 79.9. The molecule has 0 fully saturated rings. The third kappa shape index (κ3) is 2.59. The van der Waals surface area contributed by atoms with Crippen LogP contribution in [0.15, 0.2) is 51.8 Å². The molecule has 0 unspecified atom stereocenters. The number of fused-ring (bicyclic) bond motifs is 3. The van der Waals surface area contributed by atoms with Gasteiger partial charge in [0.15, 0.2) is 0 Å². The van der Waals surface area contributed by atoms with Crippen molar-refractivity contribution >= 4 is 36.9 Å². The zero-order chi connectivity index (χ0) is 16.9. The smallest absolute Gasteiger partial charge is 0.243 e. The maximum atomic E-state index is 12.9. The molecule has 4 nitrogen and oxygen atoms in total. The Balaban J connectivity index is 1.74. The summed E-state index contributed by atoms with van der Waals surface area (Å²) in [5, 5.41) is 1.09. The van der Waals surface area contributed by atoms with Gasteiger partial charge in [-0.1, -0.05) is 33.6 Å². The maximum Gasteiger partial charge on any atom is 0.243 e. The first-order valence-electron chi connectivity index (χ1n) is 7.81. The van der Waals surface area contributed by atoms with E-state index in [9.17, 15) is 8.42 Å². The van der Waals surface area contributed by atoms with Crippen LogP contribution in [-0.4, -0.2) is 24.3 Å². The van der Waals surface area contributed by atoms with Crippen molar-refractivity contribution in [2.24, 2.45) is 0 Å². The molecule has 3 aromatic rings. The van der Waals surface area contributed by atoms with Crippen molar-refractivity contribution < 1.29 is 8.42 Å². The van der Waals surface area contributed by atoms with E-state index in [-0.39, 0.29) is 0 Å². The molecule has 0 atom stereocenters. The highest BCUT2D eigenvalue weighted by molar-refractivity contribution is 9.10. The van der Waals surface area contributed by atoms with E-state index in [4.69, 9.17) is 0 Å². The third-order valence-corrected chi connectivity index (χ3v) is 6.91. The molecular formula is C18H17BrN2O2S. The summed E-state index contributed by atoms with van der Waals surface area (Å²) in [7, 11) is -3.47. The fourth-order valence-electron chi connectivity index (χ4n) is 3.23. The van der Waals surface area contributed by atoms with Crippen molar-refractivity contribution in [1.29, 1.82) is 0 Å². The van der Waals surface area contributed by atoms with E-state index in [1.54, 1.807) is 16.4 Å². The second-order valence-corrected chi connectivity index (χ2v) is 9.03. The normalized spacial score (nSPS) is 15.6. The molecule has 0 amide bonds. The van der Waals surface area contributed by atoms with E-state index in [1.165, 1.54) is 0 Å². The maximum absolute atomic E-state index is 12.9. The molecule has 1 aromatic heterocycles. The number of halogens is 1. The molecule has 1 N–H and O–H groups in total. The molecule has 2 heterocycles. The SMILES string of the molecule is Cc1ccc(S(=O)(=O)N2CCc3[nH]c4ccc(Br)cc4c3C2)cc1. The molecule has 6 heteroatoms. The topological polar surface area (TPSA) is 53.2 Å². The van der Waals surface area contributed by atoms with Crippen LogP contribution in [0.5, 0.6) is 0 Å². The summed E-state index contributed by atoms with van der Waals surface area (Å²) in [6, 6.07) is 13.1. The quantitative estimate of drug-likeness (QED) is 0.701. The molecule has 124 valence electrons. The Morgan fingerprint density at radius 2 is 1.88 bits per heavy atom. The second-order valence-electron chi connectivity index (χ2n) is 6.17. The standard InChI is InChI=1S/C18H17BrN2O2S/c1-12-2-5-14(6-3-12)24(22,23)21-9-8-18-16(11-21)15-10-13(19)4-7-17(15)20-18/h2-7,10,20H,8-9,11H2,1H3. The second kappa shape index (κ2) is 5.72. The fourth-order valence-corrected chi connectivity index (χ4v) is 5.00. The summed E-state index contributed by atoms with van der Waals surface area (Å²) in [4.78, 5) is 3.78. The van der Waals surface area contributed by atoms with Gasteiger partial charge in [0.25, 0.3) is 0 Å². The van der Waals surface area contributed by atoms with Crippen LogP contribution in [0.4, 0.5) is 0 Å². The summed E-state index contributed by atoms with van der Waals surface area (Å²) >= 11 is 3.50. The van der Waals surface area contributed by atoms with E-state index in [0.29, 0.717) is 24.4 Å². The highest BCUT2D eigenvalue weighted by Gasteiger charge is 2.30. The van der Waals surface area contributed by atoms with Crippen molar-refractivity contribution in [3.05, 3.63) is 63.8 Å². The largest absolute Gasteiger partial charge is 0.358 e. The molecule has 24 heavy (non-hydrogen) atoms. The Morgan fingerprint density at radius 3 is 2.62 bits per heavy atom. The van der Waals surface area contributed by atoms with Crippen molar-refractivity contribution in [1.82, 2.24) is 9.29 Å². The van der Waals surface area contributed by atoms with Crippen LogP contribution in [0.1, 0.15) is 16.8 Å². The molecule has 1 aliphatic rings. The van der Waals surface area contributed by atoms with Gasteiger partial charge in [-0.2, -0.15) is 4.31 Å². The number of rotatable bonds is 2. The zero-order valence-electron chi connectivity index (χ0n) is 13.2. The molecule has 0 radical (unpaired) electrons. The Morgan fingerprint density at radius 1 is 1.12 bits per heavy atom. The third-order valence-electron chi connectivity index (χ3n) is 4.56. The van der Waals surface area contributed by atoms with Gasteiger partial charge >= 0.3 is 0 Å². The Kier molecular flexibility index (Phi) is 3.78. The Labute approximate surface area is 149 Å². The van der Waals surface area contributed by atoms with Gasteiger partial charge in [0.05, 0.1) is 4.90 Å². The average molecular weight is 405 g/mol. The van der Waals surface area contributed by atoms with Crippen molar-refractivity contribution in [2.75, 3.05) is 6.54 Å². The first-order chi connectivity index (χ1) is 11.4. The van der Waals surface area contributed by atoms with Gasteiger partial charge in [-0.3, -0.25) is 0 Å². The molecule has 0 bridgehead atoms. The number of aryl methyl sites for hydroxylation is 1. The van der Waals surface area contributed by atoms with E-state index < -0.39 is 10.0 Å². The van der Waals surface area contributed by atoms with Gasteiger partial charge in [-0.25, -0.2) is 8.42 Å². The van der Waals surface area contributed by atoms with Gasteiger partial charge in [0.2, 0.25) is 10.0 Å². The van der Waals surface area contributed by atoms with Crippen LogP contribution >= 0.6 is 15.9 Å². The molecule has 0 aliphatic carbocycles. The molecule has 1 aliphatic heterocycles. The molecule has 4 rings (SSSR count). The lowest BCUT2D eigenvalue weighted by atomic mass is 10.1. The van der Waals surface area contributed by atoms with Crippen molar-refractivity contribution in [3.63, 3.8) is 0 Å². The molecule has 0 saturated heterocycles. The van der Waals surface area contributed by atoms with E-state index in [1.807, 2.05) is 37.3 Å². The van der Waals surface area contributed by atoms with Gasteiger partial charge in [0.1, 0.15) is 0 Å². The monoisotopic (exact) mass is 404 g/mol. The molecular weight excluding hydrogens is 388 g/mol. The summed E-state index contributed by atoms with van der Waals surface area (Å²) in [5.41, 5.74) is 4.32. The number of hydrogen-bond donors (Lipinski definition) is 1. The first kappa shape index (κ1) is 15.9. The van der Waals surface area contributed by atoms with E-state index in [2.05, 4.69) is 20.9 Å². The average Bonchev–Trinajstić information content (AvgIpc) is 2.92. The highest BCUT2D eigenvalue weighted by Crippen LogP contribution is 2.32. The Hall–Kier alpha value is -1.63. The number of sulfonamides is 1. The van der Waals surface area contributed by atoms with Gasteiger partial charge in [-0.15, -0.1) is 0 Å². The number of nitrogens with zero attached hydrogens (tertiary/aromatic N) is 1. The van der Waals surface area contributed by atoms with E-state index in [0.717, 1.165) is 32.2 Å². The summed E-state index contributed by atoms with van der Waals surface area (Å²) in [6.07, 6.45) is 0.701. The van der Waals surface area contributed by atoms with Crippen LogP contribution in [-0.2, 0) is 23.0 Å². The summed E-state index contributed by atoms with van der Waals surface area (Å²) in [6.45, 7) is 2.85. The van der Waals surface area contributed by atoms with Crippen LogP contribution in [0, 0.1) is 6.92 Å². The fraction of sp³-hybridized carbons (Fsp3) is 0.222. The number of benzene rings is 2. The lowest BCUT2D eigenvalue weighted by Crippen LogP contribution is -2.35. The van der Waals surface area contributed by atoms with Crippen molar-refractivity contribution in [3.8, 4) is 0 Å². The van der Waals surface area contributed by atoms with E-state index >= 15 is 0 Å². The summed E-state index contributed by atoms with van der Waals surface area (Å²) in [5.74, 6) is 0. The predicted molar refractivity (Wildman–Crippen MR) is 98.5 cm³/mol. The minimum Gasteiger partial charge on any atom is -0.358 e. The van der Waals surface area contributed by atoms with Gasteiger partial charge in [-0.05, 0) is 42.8 Å². The lowest BCUT2D eigenvalue weighted by Gasteiger charge is -2.26. The van der Waals surface area contributed by atoms with Crippen molar-refractivity contribution in [2.45, 2.75) is 24.8 Å². The minimum atomic E-state index is -3.47. The Bertz CT molecular complexity index is 1020. The van der Waals surface area contributed by atoms with Crippen LogP contribution in [0.3, 0.4) is 0 Å². The van der Waals surface area contributed by atoms with Crippen LogP contribution in [0.2, 0.25) is 0 Å². The first-order valence-corrected chi connectivity index (χ1v) is 10.0. The molecule has 2 aromatic carbocycles. The number of nitrogens with one attached hydrogen (secondary N) is 1. The number of aromatic amines is 1. The zero-order valence-corrected chi connectivity index (χ0v) is 15.6. The predicted octanol–water partition coefficient (Wildman–Crippen LogP) is 3.99. The summed E-state index contributed by atoms with van der Waals surface area (Å²) < 4.78 is 28.5. The van der Waals surface area contributed by atoms with Crippen LogP contribution < -0.4 is 0 Å². The number of hydrogen-bond acceptors (Lipinski definition) is 2. The lowest BCUT2D eigenvalue weighted by molar-refractivity contribution is 0.391. The number of aromatic nitrogens is 1.